The average Bonchev–Trinajstić information content (AvgIpc) is 2.71. The minimum Gasteiger partial charge on any atom is -0.366 e. The number of benzene rings is 2. The van der Waals surface area contributed by atoms with Crippen LogP contribution in [0.5, 0.6) is 0 Å². The van der Waals surface area contributed by atoms with E-state index in [1.54, 1.807) is 6.21 Å². The van der Waals surface area contributed by atoms with Gasteiger partial charge < -0.3 is 4.90 Å². The first-order valence-corrected chi connectivity index (χ1v) is 10.9. The summed E-state index contributed by atoms with van der Waals surface area (Å²) in [6.07, 6.45) is -0.860. The summed E-state index contributed by atoms with van der Waals surface area (Å²) in [5.74, 6) is -0.312. The number of aryl methyl sites for hydroxylation is 1. The third kappa shape index (κ3) is 4.97. The van der Waals surface area contributed by atoms with Crippen LogP contribution in [0.2, 0.25) is 0 Å². The molecule has 0 radical (unpaired) electrons. The minimum absolute atomic E-state index is 0.0728. The van der Waals surface area contributed by atoms with Gasteiger partial charge in [0.2, 0.25) is 0 Å². The van der Waals surface area contributed by atoms with E-state index in [-0.39, 0.29) is 11.1 Å². The van der Waals surface area contributed by atoms with E-state index in [0.717, 1.165) is 42.6 Å². The number of hydrogen-bond donors (Lipinski definition) is 1. The first-order valence-electron chi connectivity index (χ1n) is 10.9. The summed E-state index contributed by atoms with van der Waals surface area (Å²) in [6, 6.07) is 8.56. The van der Waals surface area contributed by atoms with Crippen molar-refractivity contribution in [1.29, 1.82) is 0 Å². The number of carbonyl (C=O) groups is 1. The lowest BCUT2D eigenvalue weighted by atomic mass is 9.79. The largest absolute Gasteiger partial charge is 0.416 e. The Hall–Kier alpha value is -2.83. The number of halogens is 3. The lowest BCUT2D eigenvalue weighted by Gasteiger charge is -2.48. The average molecular weight is 446 g/mol. The second-order valence-electron chi connectivity index (χ2n) is 9.11. The third-order valence-corrected chi connectivity index (χ3v) is 6.04. The van der Waals surface area contributed by atoms with Gasteiger partial charge in [-0.05, 0) is 86.6 Å². The maximum atomic E-state index is 12.9. The van der Waals surface area contributed by atoms with Crippen molar-refractivity contribution in [3.05, 3.63) is 64.2 Å². The quantitative estimate of drug-likeness (QED) is 0.435. The number of fused-ring (bicyclic) bond motifs is 1. The Bertz CT molecular complexity index is 1030. The van der Waals surface area contributed by atoms with Crippen LogP contribution in [-0.2, 0) is 6.18 Å². The second-order valence-corrected chi connectivity index (χ2v) is 9.11. The van der Waals surface area contributed by atoms with Gasteiger partial charge in [-0.15, -0.1) is 0 Å². The lowest BCUT2D eigenvalue weighted by Crippen LogP contribution is -2.48. The van der Waals surface area contributed by atoms with Crippen molar-refractivity contribution in [3.63, 3.8) is 0 Å². The molecule has 7 heteroatoms. The molecule has 0 aliphatic carbocycles. The highest BCUT2D eigenvalue weighted by Gasteiger charge is 2.36. The number of nitrogens with zero attached hydrogens (tertiary/aromatic N) is 2. The third-order valence-electron chi connectivity index (χ3n) is 6.04. The number of anilines is 1. The van der Waals surface area contributed by atoms with Crippen molar-refractivity contribution < 1.29 is 18.0 Å². The minimum atomic E-state index is -4.50. The van der Waals surface area contributed by atoms with E-state index in [0.29, 0.717) is 5.92 Å². The molecule has 2 aromatic carbocycles. The molecule has 32 heavy (non-hydrogen) atoms. The number of hydrogen-bond acceptors (Lipinski definition) is 3. The van der Waals surface area contributed by atoms with Gasteiger partial charge in [0.15, 0.2) is 0 Å². The highest BCUT2D eigenvalue weighted by molar-refractivity contribution is 5.95. The second kappa shape index (κ2) is 8.96. The molecule has 1 N–H and O–H groups in total. The fourth-order valence-electron chi connectivity index (χ4n) is 4.50. The molecule has 0 fully saturated rings. The maximum Gasteiger partial charge on any atom is 0.416 e. The van der Waals surface area contributed by atoms with Crippen molar-refractivity contribution in [2.24, 2.45) is 5.10 Å². The van der Waals surface area contributed by atoms with Crippen molar-refractivity contribution >= 4 is 17.8 Å². The Labute approximate surface area is 187 Å². The van der Waals surface area contributed by atoms with Gasteiger partial charge >= 0.3 is 6.18 Å². The molecule has 0 saturated heterocycles. The Morgan fingerprint density at radius 1 is 1.28 bits per heavy atom. The zero-order chi connectivity index (χ0) is 23.7. The predicted molar refractivity (Wildman–Crippen MR) is 122 cm³/mol. The van der Waals surface area contributed by atoms with Crippen molar-refractivity contribution in [1.82, 2.24) is 5.43 Å². The molecule has 3 rings (SSSR count). The topological polar surface area (TPSA) is 44.7 Å². The number of nitrogens with one attached hydrogen (secondary N) is 1. The zero-order valence-corrected chi connectivity index (χ0v) is 19.2. The first kappa shape index (κ1) is 23.8. The number of carbonyl (C=O) groups excluding carboxylic acids is 1. The number of alkyl halides is 3. The van der Waals surface area contributed by atoms with Gasteiger partial charge in [-0.3, -0.25) is 4.79 Å². The molecule has 1 amide bonds. The normalized spacial score (nSPS) is 18.0. The summed E-state index contributed by atoms with van der Waals surface area (Å²) in [7, 11) is 0. The Balaban J connectivity index is 1.82. The van der Waals surface area contributed by atoms with E-state index in [2.05, 4.69) is 55.3 Å². The molecule has 172 valence electrons. The van der Waals surface area contributed by atoms with E-state index in [9.17, 15) is 18.0 Å². The van der Waals surface area contributed by atoms with Crippen molar-refractivity contribution in [2.75, 3.05) is 11.4 Å². The van der Waals surface area contributed by atoms with Gasteiger partial charge in [0.05, 0.1) is 11.8 Å². The molecule has 0 saturated carbocycles. The van der Waals surface area contributed by atoms with Crippen LogP contribution in [0.1, 0.15) is 79.1 Å². The van der Waals surface area contributed by atoms with Crippen LogP contribution < -0.4 is 10.3 Å². The number of amides is 1. The van der Waals surface area contributed by atoms with Crippen LogP contribution in [0.4, 0.5) is 18.9 Å². The molecule has 1 heterocycles. The smallest absolute Gasteiger partial charge is 0.366 e. The summed E-state index contributed by atoms with van der Waals surface area (Å²) >= 11 is 0. The monoisotopic (exact) mass is 445 g/mol. The van der Waals surface area contributed by atoms with Crippen LogP contribution >= 0.6 is 0 Å². The molecule has 1 aliphatic rings. The van der Waals surface area contributed by atoms with Gasteiger partial charge in [0.1, 0.15) is 0 Å². The SMILES string of the molecule is CCCN1c2cc(C)c(/C=N\NC(=O)c3cccc(C(F)(F)F)c3)cc2C(C)CC1(C)C. The molecular formula is C25H30F3N3O. The molecule has 0 spiro atoms. The number of rotatable bonds is 5. The highest BCUT2D eigenvalue weighted by atomic mass is 19.4. The summed E-state index contributed by atoms with van der Waals surface area (Å²) in [4.78, 5) is 14.7. The van der Waals surface area contributed by atoms with E-state index < -0.39 is 17.6 Å². The van der Waals surface area contributed by atoms with Crippen LogP contribution in [0.15, 0.2) is 41.5 Å². The molecule has 0 aromatic heterocycles. The van der Waals surface area contributed by atoms with Gasteiger partial charge in [0, 0.05) is 23.3 Å². The van der Waals surface area contributed by atoms with E-state index in [1.165, 1.54) is 23.4 Å². The van der Waals surface area contributed by atoms with Gasteiger partial charge in [-0.2, -0.15) is 18.3 Å². The first-order chi connectivity index (χ1) is 14.9. The van der Waals surface area contributed by atoms with Crippen LogP contribution in [-0.4, -0.2) is 24.2 Å². The summed E-state index contributed by atoms with van der Waals surface area (Å²) in [5.41, 5.74) is 5.82. The molecule has 0 bridgehead atoms. The van der Waals surface area contributed by atoms with Crippen LogP contribution in [0.3, 0.4) is 0 Å². The van der Waals surface area contributed by atoms with Gasteiger partial charge in [-0.25, -0.2) is 5.43 Å². The molecule has 2 aromatic rings. The summed E-state index contributed by atoms with van der Waals surface area (Å²) in [6.45, 7) is 11.9. The zero-order valence-electron chi connectivity index (χ0n) is 19.2. The van der Waals surface area contributed by atoms with Crippen molar-refractivity contribution in [2.45, 2.75) is 65.1 Å². The maximum absolute atomic E-state index is 12.9. The molecule has 4 nitrogen and oxygen atoms in total. The Kier molecular flexibility index (Phi) is 6.67. The molecule has 1 unspecified atom stereocenters. The Morgan fingerprint density at radius 2 is 2.00 bits per heavy atom. The molecule has 1 aliphatic heterocycles. The van der Waals surface area contributed by atoms with Crippen LogP contribution in [0.25, 0.3) is 0 Å². The standard InChI is InChI=1S/C25H30F3N3O/c1-6-10-31-22-11-16(2)19(13-21(22)17(3)14-24(31,4)5)15-29-30-23(32)18-8-7-9-20(12-18)25(26,27)28/h7-9,11-13,15,17H,6,10,14H2,1-5H3,(H,30,32)/b29-15-. The van der Waals surface area contributed by atoms with Crippen LogP contribution in [0, 0.1) is 6.92 Å². The van der Waals surface area contributed by atoms with E-state index in [4.69, 9.17) is 0 Å². The fourth-order valence-corrected chi connectivity index (χ4v) is 4.50. The fraction of sp³-hybridized carbons (Fsp3) is 0.440. The molecular weight excluding hydrogens is 415 g/mol. The van der Waals surface area contributed by atoms with Crippen molar-refractivity contribution in [3.8, 4) is 0 Å². The lowest BCUT2D eigenvalue weighted by molar-refractivity contribution is -0.137. The van der Waals surface area contributed by atoms with Gasteiger partial charge in [0.25, 0.3) is 5.91 Å². The van der Waals surface area contributed by atoms with E-state index >= 15 is 0 Å². The summed E-state index contributed by atoms with van der Waals surface area (Å²) in [5, 5.41) is 4.01. The van der Waals surface area contributed by atoms with E-state index in [1.807, 2.05) is 6.92 Å². The highest BCUT2D eigenvalue weighted by Crippen LogP contribution is 2.44. The van der Waals surface area contributed by atoms with Gasteiger partial charge in [-0.1, -0.05) is 19.9 Å². The summed E-state index contributed by atoms with van der Waals surface area (Å²) < 4.78 is 38.6. The predicted octanol–water partition coefficient (Wildman–Crippen LogP) is 6.28. The Morgan fingerprint density at radius 3 is 2.66 bits per heavy atom. The molecule has 1 atom stereocenters. The number of hydrazone groups is 1.